The van der Waals surface area contributed by atoms with Gasteiger partial charge in [0.15, 0.2) is 0 Å². The van der Waals surface area contributed by atoms with Crippen LogP contribution < -0.4 is 11.1 Å². The standard InChI is InChI=1S/C19H15N3S/c20-19-10-16-17(11-21-12-18(16)23-19)22-15-8-6-14(7-9-15)13-4-2-1-3-5-13/h1-12,22H,20H2. The summed E-state index contributed by atoms with van der Waals surface area (Å²) in [6.45, 7) is 0. The molecule has 0 fully saturated rings. The molecule has 0 unspecified atom stereocenters. The van der Waals surface area contributed by atoms with E-state index in [-0.39, 0.29) is 0 Å². The zero-order chi connectivity index (χ0) is 15.6. The summed E-state index contributed by atoms with van der Waals surface area (Å²) in [5.41, 5.74) is 10.3. The van der Waals surface area contributed by atoms with Crippen molar-refractivity contribution in [3.8, 4) is 11.1 Å². The molecule has 0 aliphatic heterocycles. The minimum atomic E-state index is 0.801. The summed E-state index contributed by atoms with van der Waals surface area (Å²) in [4.78, 5) is 4.28. The van der Waals surface area contributed by atoms with Gasteiger partial charge in [0.05, 0.1) is 21.6 Å². The van der Waals surface area contributed by atoms with Gasteiger partial charge in [0, 0.05) is 17.3 Å². The van der Waals surface area contributed by atoms with E-state index in [1.807, 2.05) is 24.5 Å². The quantitative estimate of drug-likeness (QED) is 0.540. The van der Waals surface area contributed by atoms with E-state index in [0.29, 0.717) is 0 Å². The number of nitrogens with one attached hydrogen (secondary N) is 1. The van der Waals surface area contributed by atoms with Gasteiger partial charge in [-0.15, -0.1) is 11.3 Å². The number of rotatable bonds is 3. The number of nitrogen functional groups attached to an aromatic ring is 1. The molecular formula is C19H15N3S. The van der Waals surface area contributed by atoms with Crippen LogP contribution in [0, 0.1) is 0 Å². The number of aromatic nitrogens is 1. The lowest BCUT2D eigenvalue weighted by molar-refractivity contribution is 1.36. The molecule has 3 N–H and O–H groups in total. The van der Waals surface area contributed by atoms with Crippen molar-refractivity contribution in [1.82, 2.24) is 4.98 Å². The molecule has 0 atom stereocenters. The lowest BCUT2D eigenvalue weighted by Crippen LogP contribution is -1.91. The highest BCUT2D eigenvalue weighted by Crippen LogP contribution is 2.33. The van der Waals surface area contributed by atoms with Gasteiger partial charge >= 0.3 is 0 Å². The Bertz CT molecular complexity index is 943. The fourth-order valence-electron chi connectivity index (χ4n) is 2.61. The van der Waals surface area contributed by atoms with Crippen LogP contribution in [0.25, 0.3) is 21.2 Å². The maximum absolute atomic E-state index is 5.90. The average molecular weight is 317 g/mol. The van der Waals surface area contributed by atoms with Crippen LogP contribution in [-0.2, 0) is 0 Å². The lowest BCUT2D eigenvalue weighted by atomic mass is 10.1. The summed E-state index contributed by atoms with van der Waals surface area (Å²) >= 11 is 1.55. The van der Waals surface area contributed by atoms with Crippen LogP contribution in [0.1, 0.15) is 0 Å². The third kappa shape index (κ3) is 2.76. The first-order chi connectivity index (χ1) is 11.3. The van der Waals surface area contributed by atoms with Crippen molar-refractivity contribution in [2.75, 3.05) is 11.1 Å². The molecule has 112 valence electrons. The molecular weight excluding hydrogens is 302 g/mol. The monoisotopic (exact) mass is 317 g/mol. The number of pyridine rings is 1. The van der Waals surface area contributed by atoms with E-state index < -0.39 is 0 Å². The van der Waals surface area contributed by atoms with Crippen molar-refractivity contribution in [1.29, 1.82) is 0 Å². The van der Waals surface area contributed by atoms with Gasteiger partial charge in [-0.25, -0.2) is 0 Å². The largest absolute Gasteiger partial charge is 0.391 e. The predicted octanol–water partition coefficient (Wildman–Crippen LogP) is 5.29. The highest BCUT2D eigenvalue weighted by molar-refractivity contribution is 7.22. The Labute approximate surface area is 138 Å². The second kappa shape index (κ2) is 5.74. The van der Waals surface area contributed by atoms with Gasteiger partial charge in [-0.2, -0.15) is 0 Å². The van der Waals surface area contributed by atoms with E-state index in [2.05, 4.69) is 58.8 Å². The molecule has 3 nitrogen and oxygen atoms in total. The van der Waals surface area contributed by atoms with Gasteiger partial charge in [0.25, 0.3) is 0 Å². The van der Waals surface area contributed by atoms with Crippen LogP contribution in [0.5, 0.6) is 0 Å². The van der Waals surface area contributed by atoms with Crippen LogP contribution in [0.4, 0.5) is 16.4 Å². The van der Waals surface area contributed by atoms with E-state index in [0.717, 1.165) is 26.5 Å². The van der Waals surface area contributed by atoms with Crippen molar-refractivity contribution < 1.29 is 0 Å². The molecule has 0 saturated carbocycles. The molecule has 0 spiro atoms. The van der Waals surface area contributed by atoms with Crippen LogP contribution in [0.2, 0.25) is 0 Å². The van der Waals surface area contributed by atoms with E-state index >= 15 is 0 Å². The van der Waals surface area contributed by atoms with Gasteiger partial charge in [-0.05, 0) is 29.3 Å². The summed E-state index contributed by atoms with van der Waals surface area (Å²) in [6, 6.07) is 20.7. The molecule has 0 saturated heterocycles. The Morgan fingerprint density at radius 1 is 0.870 bits per heavy atom. The number of nitrogens with two attached hydrogens (primary N) is 1. The van der Waals surface area contributed by atoms with E-state index in [4.69, 9.17) is 5.73 Å². The van der Waals surface area contributed by atoms with Gasteiger partial charge < -0.3 is 11.1 Å². The molecule has 0 bridgehead atoms. The molecule has 4 aromatic rings. The molecule has 0 radical (unpaired) electrons. The van der Waals surface area contributed by atoms with Crippen molar-refractivity contribution in [2.24, 2.45) is 0 Å². The smallest absolute Gasteiger partial charge is 0.0870 e. The van der Waals surface area contributed by atoms with E-state index in [9.17, 15) is 0 Å². The first kappa shape index (κ1) is 13.8. The fraction of sp³-hybridized carbons (Fsp3) is 0. The summed E-state index contributed by atoms with van der Waals surface area (Å²) in [5.74, 6) is 0. The van der Waals surface area contributed by atoms with Gasteiger partial charge in [0.2, 0.25) is 0 Å². The Hall–Kier alpha value is -2.85. The molecule has 4 rings (SSSR count). The first-order valence-corrected chi connectivity index (χ1v) is 8.17. The Kier molecular flexibility index (Phi) is 3.44. The fourth-order valence-corrected chi connectivity index (χ4v) is 3.44. The predicted molar refractivity (Wildman–Crippen MR) is 99.2 cm³/mol. The van der Waals surface area contributed by atoms with Gasteiger partial charge in [-0.1, -0.05) is 42.5 Å². The Balaban J connectivity index is 1.64. The van der Waals surface area contributed by atoms with Crippen molar-refractivity contribution >= 4 is 37.8 Å². The molecule has 0 amide bonds. The van der Waals surface area contributed by atoms with Crippen LogP contribution in [-0.4, -0.2) is 4.98 Å². The zero-order valence-corrected chi connectivity index (χ0v) is 13.2. The van der Waals surface area contributed by atoms with E-state index in [1.165, 1.54) is 11.1 Å². The third-order valence-electron chi connectivity index (χ3n) is 3.74. The van der Waals surface area contributed by atoms with E-state index in [1.54, 1.807) is 11.3 Å². The number of anilines is 3. The van der Waals surface area contributed by atoms with Crippen LogP contribution in [0.15, 0.2) is 73.1 Å². The van der Waals surface area contributed by atoms with Crippen LogP contribution >= 0.6 is 11.3 Å². The summed E-state index contributed by atoms with van der Waals surface area (Å²) in [7, 11) is 0. The number of hydrogen-bond donors (Lipinski definition) is 2. The number of hydrogen-bond acceptors (Lipinski definition) is 4. The van der Waals surface area contributed by atoms with Crippen LogP contribution in [0.3, 0.4) is 0 Å². The van der Waals surface area contributed by atoms with Crippen molar-refractivity contribution in [2.45, 2.75) is 0 Å². The zero-order valence-electron chi connectivity index (χ0n) is 12.4. The topological polar surface area (TPSA) is 50.9 Å². The molecule has 2 heterocycles. The lowest BCUT2D eigenvalue weighted by Gasteiger charge is -2.08. The van der Waals surface area contributed by atoms with Crippen molar-refractivity contribution in [3.63, 3.8) is 0 Å². The molecule has 2 aromatic carbocycles. The van der Waals surface area contributed by atoms with Gasteiger partial charge in [0.1, 0.15) is 0 Å². The number of benzene rings is 2. The Morgan fingerprint density at radius 3 is 2.39 bits per heavy atom. The number of fused-ring (bicyclic) bond motifs is 1. The summed E-state index contributed by atoms with van der Waals surface area (Å²) < 4.78 is 1.09. The molecule has 4 heteroatoms. The number of nitrogens with zero attached hydrogens (tertiary/aromatic N) is 1. The second-order valence-electron chi connectivity index (χ2n) is 5.32. The third-order valence-corrected chi connectivity index (χ3v) is 4.64. The van der Waals surface area contributed by atoms with Crippen molar-refractivity contribution in [3.05, 3.63) is 73.1 Å². The minimum Gasteiger partial charge on any atom is -0.391 e. The second-order valence-corrected chi connectivity index (χ2v) is 6.43. The summed E-state index contributed by atoms with van der Waals surface area (Å²) in [5, 5.41) is 5.34. The molecule has 23 heavy (non-hydrogen) atoms. The maximum atomic E-state index is 5.90. The highest BCUT2D eigenvalue weighted by atomic mass is 32.1. The first-order valence-electron chi connectivity index (χ1n) is 7.35. The maximum Gasteiger partial charge on any atom is 0.0870 e. The Morgan fingerprint density at radius 2 is 1.61 bits per heavy atom. The molecule has 0 aliphatic carbocycles. The normalized spacial score (nSPS) is 10.8. The average Bonchev–Trinajstić information content (AvgIpc) is 2.98. The number of thiophene rings is 1. The SMILES string of the molecule is Nc1cc2c(Nc3ccc(-c4ccccc4)cc3)cncc2s1. The van der Waals surface area contributed by atoms with Gasteiger partial charge in [-0.3, -0.25) is 4.98 Å². The highest BCUT2D eigenvalue weighted by Gasteiger charge is 2.06. The molecule has 2 aromatic heterocycles. The minimum absolute atomic E-state index is 0.801. The molecule has 0 aliphatic rings. The summed E-state index contributed by atoms with van der Waals surface area (Å²) in [6.07, 6.45) is 3.68.